The number of urea groups is 1. The quantitative estimate of drug-likeness (QED) is 0.364. The molecule has 3 amide bonds. The van der Waals surface area contributed by atoms with E-state index in [1.807, 2.05) is 12.1 Å². The van der Waals surface area contributed by atoms with Crippen molar-refractivity contribution in [1.29, 1.82) is 0 Å². The molecule has 144 valence electrons. The molecule has 3 aromatic rings. The van der Waals surface area contributed by atoms with E-state index in [4.69, 9.17) is 0 Å². The van der Waals surface area contributed by atoms with Gasteiger partial charge in [-0.1, -0.05) is 66.7 Å². The van der Waals surface area contributed by atoms with E-state index in [-0.39, 0.29) is 17.1 Å². The predicted molar refractivity (Wildman–Crippen MR) is 106 cm³/mol. The van der Waals surface area contributed by atoms with Gasteiger partial charge in [-0.25, -0.2) is 4.79 Å². The summed E-state index contributed by atoms with van der Waals surface area (Å²) in [6.45, 7) is 0. The van der Waals surface area contributed by atoms with Gasteiger partial charge in [-0.2, -0.15) is 5.10 Å². The smallest absolute Gasteiger partial charge is 0.346 e. The lowest BCUT2D eigenvalue weighted by Crippen LogP contribution is -2.44. The molecule has 0 spiro atoms. The number of phenolic OH excluding ortho intramolecular Hbond substituents is 2. The van der Waals surface area contributed by atoms with Crippen LogP contribution in [-0.2, 0) is 10.3 Å². The highest BCUT2D eigenvalue weighted by Crippen LogP contribution is 2.36. The Morgan fingerprint density at radius 2 is 1.41 bits per heavy atom. The Morgan fingerprint density at radius 1 is 0.828 bits per heavy atom. The molecule has 3 aromatic carbocycles. The number of para-hydroxylation sites is 1. The highest BCUT2D eigenvalue weighted by atomic mass is 16.3. The van der Waals surface area contributed by atoms with Crippen molar-refractivity contribution in [3.05, 3.63) is 95.6 Å². The number of rotatable bonds is 4. The van der Waals surface area contributed by atoms with Crippen LogP contribution in [0.25, 0.3) is 0 Å². The Kier molecular flexibility index (Phi) is 4.48. The van der Waals surface area contributed by atoms with Crippen molar-refractivity contribution in [3.63, 3.8) is 0 Å². The van der Waals surface area contributed by atoms with Crippen molar-refractivity contribution in [2.24, 2.45) is 5.10 Å². The number of carbonyl (C=O) groups is 2. The SMILES string of the molecule is O=C1NC(c2ccccc2)(c2ccccc2)C(=O)N1/N=C/c1cccc(O)c1O. The van der Waals surface area contributed by atoms with Crippen molar-refractivity contribution >= 4 is 18.2 Å². The van der Waals surface area contributed by atoms with Gasteiger partial charge in [-0.3, -0.25) is 4.79 Å². The number of carbonyl (C=O) groups excluding carboxylic acids is 2. The van der Waals surface area contributed by atoms with Crippen molar-refractivity contribution in [2.75, 3.05) is 0 Å². The third kappa shape index (κ3) is 2.98. The summed E-state index contributed by atoms with van der Waals surface area (Å²) in [5.74, 6) is -1.29. The minimum absolute atomic E-state index is 0.169. The zero-order valence-electron chi connectivity index (χ0n) is 15.2. The summed E-state index contributed by atoms with van der Waals surface area (Å²) >= 11 is 0. The number of hydrogen-bond donors (Lipinski definition) is 3. The highest BCUT2D eigenvalue weighted by Gasteiger charge is 2.54. The minimum atomic E-state index is -1.42. The van der Waals surface area contributed by atoms with Gasteiger partial charge in [-0.05, 0) is 23.3 Å². The standard InChI is InChI=1S/C22H17N3O4/c26-18-13-7-8-15(19(18)27)14-23-25-20(28)22(24-21(25)29,16-9-3-1-4-10-16)17-11-5-2-6-12-17/h1-14,26-27H,(H,24,29)/b23-14+. The van der Waals surface area contributed by atoms with Gasteiger partial charge in [0.15, 0.2) is 17.0 Å². The summed E-state index contributed by atoms with van der Waals surface area (Å²) in [5, 5.41) is 27.0. The number of aromatic hydroxyl groups is 2. The van der Waals surface area contributed by atoms with E-state index in [9.17, 15) is 19.8 Å². The maximum absolute atomic E-state index is 13.4. The Bertz CT molecular complexity index is 1060. The first-order valence-corrected chi connectivity index (χ1v) is 8.86. The predicted octanol–water partition coefficient (Wildman–Crippen LogP) is 2.93. The third-order valence-corrected chi connectivity index (χ3v) is 4.77. The van der Waals surface area contributed by atoms with Crippen LogP contribution >= 0.6 is 0 Å². The summed E-state index contributed by atoms with van der Waals surface area (Å²) in [5.41, 5.74) is -0.0508. The van der Waals surface area contributed by atoms with Crippen LogP contribution in [0.2, 0.25) is 0 Å². The molecular weight excluding hydrogens is 370 g/mol. The summed E-state index contributed by atoms with van der Waals surface area (Å²) < 4.78 is 0. The van der Waals surface area contributed by atoms with Crippen molar-refractivity contribution in [1.82, 2.24) is 10.3 Å². The second-order valence-corrected chi connectivity index (χ2v) is 6.49. The van der Waals surface area contributed by atoms with Gasteiger partial charge in [0.2, 0.25) is 0 Å². The Labute approximate surface area is 166 Å². The Morgan fingerprint density at radius 3 is 2.00 bits per heavy atom. The minimum Gasteiger partial charge on any atom is -0.504 e. The lowest BCUT2D eigenvalue weighted by molar-refractivity contribution is -0.130. The largest absolute Gasteiger partial charge is 0.504 e. The number of hydrazone groups is 1. The van der Waals surface area contributed by atoms with Crippen LogP contribution in [-0.4, -0.2) is 33.4 Å². The molecule has 7 nitrogen and oxygen atoms in total. The molecule has 1 aliphatic heterocycles. The molecule has 0 unspecified atom stereocenters. The molecule has 0 bridgehead atoms. The zero-order valence-corrected chi connectivity index (χ0v) is 15.2. The molecule has 1 fully saturated rings. The maximum atomic E-state index is 13.4. The first kappa shape index (κ1) is 18.2. The average Bonchev–Trinajstić information content (AvgIpc) is 3.01. The van der Waals surface area contributed by atoms with Crippen molar-refractivity contribution in [3.8, 4) is 11.5 Å². The summed E-state index contributed by atoms with van der Waals surface area (Å²) in [7, 11) is 0. The number of benzene rings is 3. The number of nitrogens with zero attached hydrogens (tertiary/aromatic N) is 2. The molecule has 0 atom stereocenters. The van der Waals surface area contributed by atoms with E-state index in [1.165, 1.54) is 18.2 Å². The van der Waals surface area contributed by atoms with Gasteiger partial charge in [0.05, 0.1) is 6.21 Å². The van der Waals surface area contributed by atoms with E-state index < -0.39 is 17.5 Å². The van der Waals surface area contributed by atoms with Crippen LogP contribution in [0.5, 0.6) is 11.5 Å². The number of hydrogen-bond acceptors (Lipinski definition) is 5. The second-order valence-electron chi connectivity index (χ2n) is 6.49. The fourth-order valence-corrected chi connectivity index (χ4v) is 3.33. The van der Waals surface area contributed by atoms with Gasteiger partial charge in [0.1, 0.15) is 0 Å². The molecule has 0 aliphatic carbocycles. The molecule has 29 heavy (non-hydrogen) atoms. The van der Waals surface area contributed by atoms with Gasteiger partial charge in [-0.15, -0.1) is 5.01 Å². The summed E-state index contributed by atoms with van der Waals surface area (Å²) in [6.07, 6.45) is 1.15. The van der Waals surface area contributed by atoms with E-state index >= 15 is 0 Å². The van der Waals surface area contributed by atoms with Crippen molar-refractivity contribution in [2.45, 2.75) is 5.54 Å². The first-order chi connectivity index (χ1) is 14.0. The Balaban J connectivity index is 1.78. The molecule has 4 rings (SSSR count). The van der Waals surface area contributed by atoms with Crippen LogP contribution in [0.3, 0.4) is 0 Å². The van der Waals surface area contributed by atoms with E-state index in [0.29, 0.717) is 11.1 Å². The van der Waals surface area contributed by atoms with E-state index in [2.05, 4.69) is 10.4 Å². The molecule has 1 heterocycles. The molecule has 3 N–H and O–H groups in total. The topological polar surface area (TPSA) is 102 Å². The van der Waals surface area contributed by atoms with Crippen LogP contribution in [0.15, 0.2) is 84.0 Å². The average molecular weight is 387 g/mol. The fraction of sp³-hybridized carbons (Fsp3) is 0.0455. The van der Waals surface area contributed by atoms with Crippen LogP contribution < -0.4 is 5.32 Å². The van der Waals surface area contributed by atoms with Gasteiger partial charge in [0, 0.05) is 5.56 Å². The third-order valence-electron chi connectivity index (χ3n) is 4.77. The lowest BCUT2D eigenvalue weighted by atomic mass is 9.83. The van der Waals surface area contributed by atoms with Crippen molar-refractivity contribution < 1.29 is 19.8 Å². The van der Waals surface area contributed by atoms with Crippen LogP contribution in [0.4, 0.5) is 4.79 Å². The lowest BCUT2D eigenvalue weighted by Gasteiger charge is -2.27. The first-order valence-electron chi connectivity index (χ1n) is 8.86. The Hall–Kier alpha value is -4.13. The monoisotopic (exact) mass is 387 g/mol. The molecule has 0 aromatic heterocycles. The van der Waals surface area contributed by atoms with E-state index in [0.717, 1.165) is 11.2 Å². The summed E-state index contributed by atoms with van der Waals surface area (Å²) in [4.78, 5) is 26.1. The number of amides is 3. The molecular formula is C22H17N3O4. The summed E-state index contributed by atoms with van der Waals surface area (Å²) in [6, 6.07) is 21.5. The highest BCUT2D eigenvalue weighted by molar-refractivity contribution is 6.10. The molecule has 0 saturated carbocycles. The van der Waals surface area contributed by atoms with Gasteiger partial charge < -0.3 is 15.5 Å². The molecule has 0 radical (unpaired) electrons. The number of nitrogens with one attached hydrogen (secondary N) is 1. The normalized spacial score (nSPS) is 15.7. The number of imide groups is 1. The van der Waals surface area contributed by atoms with Crippen LogP contribution in [0.1, 0.15) is 16.7 Å². The number of phenols is 2. The van der Waals surface area contributed by atoms with Gasteiger partial charge in [0.25, 0.3) is 5.91 Å². The molecule has 7 heteroatoms. The molecule has 1 aliphatic rings. The van der Waals surface area contributed by atoms with Crippen LogP contribution in [0, 0.1) is 0 Å². The zero-order chi connectivity index (χ0) is 20.4. The van der Waals surface area contributed by atoms with E-state index in [1.54, 1.807) is 48.5 Å². The van der Waals surface area contributed by atoms with Gasteiger partial charge >= 0.3 is 6.03 Å². The maximum Gasteiger partial charge on any atom is 0.346 e. The second kappa shape index (κ2) is 7.12. The molecule has 1 saturated heterocycles. The fourth-order valence-electron chi connectivity index (χ4n) is 3.33.